The molecule has 1 atom stereocenters. The Balaban J connectivity index is 1.86. The highest BCUT2D eigenvalue weighted by molar-refractivity contribution is 6.51. The molecule has 1 fully saturated rings. The van der Waals surface area contributed by atoms with Gasteiger partial charge in [0.05, 0.1) is 39.6 Å². The summed E-state index contributed by atoms with van der Waals surface area (Å²) >= 11 is 0. The van der Waals surface area contributed by atoms with Crippen molar-refractivity contribution in [2.45, 2.75) is 19.9 Å². The van der Waals surface area contributed by atoms with Gasteiger partial charge in [0.15, 0.2) is 11.5 Å². The summed E-state index contributed by atoms with van der Waals surface area (Å²) in [5.41, 5.74) is 1.36. The summed E-state index contributed by atoms with van der Waals surface area (Å²) in [6.07, 6.45) is 0. The Labute approximate surface area is 222 Å². The number of carbonyl (C=O) groups is 2. The average molecular weight is 518 g/mol. The average Bonchev–Trinajstić information content (AvgIpc) is 3.21. The summed E-state index contributed by atoms with van der Waals surface area (Å²) in [6.45, 7) is 4.67. The molecule has 198 valence electrons. The van der Waals surface area contributed by atoms with Crippen molar-refractivity contribution in [3.63, 3.8) is 0 Å². The number of methoxy groups -OCH3 is 3. The van der Waals surface area contributed by atoms with E-state index in [0.29, 0.717) is 52.3 Å². The van der Waals surface area contributed by atoms with Crippen LogP contribution in [-0.2, 0) is 9.59 Å². The molecule has 1 N–H and O–H groups in total. The molecule has 1 unspecified atom stereocenters. The summed E-state index contributed by atoms with van der Waals surface area (Å²) in [5, 5.41) is 11.4. The normalized spacial score (nSPS) is 16.6. The number of rotatable bonds is 9. The fraction of sp³-hybridized carbons (Fsp3) is 0.267. The highest BCUT2D eigenvalue weighted by atomic mass is 16.5. The first-order valence-electron chi connectivity index (χ1n) is 12.2. The zero-order chi connectivity index (χ0) is 27.4. The zero-order valence-electron chi connectivity index (χ0n) is 22.1. The van der Waals surface area contributed by atoms with Gasteiger partial charge in [-0.3, -0.25) is 14.5 Å². The lowest BCUT2D eigenvalue weighted by atomic mass is 9.94. The molecule has 8 heteroatoms. The number of hydrogen-bond donors (Lipinski definition) is 1. The summed E-state index contributed by atoms with van der Waals surface area (Å²) in [6, 6.07) is 17.9. The molecule has 3 aromatic rings. The number of ketones is 1. The van der Waals surface area contributed by atoms with Crippen LogP contribution in [0.1, 0.15) is 31.0 Å². The van der Waals surface area contributed by atoms with E-state index in [0.717, 1.165) is 0 Å². The van der Waals surface area contributed by atoms with Crippen molar-refractivity contribution in [3.8, 4) is 23.0 Å². The summed E-state index contributed by atoms with van der Waals surface area (Å²) in [7, 11) is 4.52. The fourth-order valence-corrected chi connectivity index (χ4v) is 4.33. The topological polar surface area (TPSA) is 94.5 Å². The lowest BCUT2D eigenvalue weighted by molar-refractivity contribution is -0.132. The Bertz CT molecular complexity index is 1360. The van der Waals surface area contributed by atoms with Crippen LogP contribution in [0.3, 0.4) is 0 Å². The van der Waals surface area contributed by atoms with Gasteiger partial charge in [-0.2, -0.15) is 0 Å². The molecule has 1 saturated heterocycles. The molecular formula is C30H31NO7. The Morgan fingerprint density at radius 1 is 0.868 bits per heavy atom. The zero-order valence-corrected chi connectivity index (χ0v) is 22.1. The van der Waals surface area contributed by atoms with Gasteiger partial charge in [-0.25, -0.2) is 0 Å². The van der Waals surface area contributed by atoms with E-state index in [1.807, 2.05) is 0 Å². The molecule has 1 heterocycles. The van der Waals surface area contributed by atoms with Crippen molar-refractivity contribution in [3.05, 3.63) is 83.4 Å². The molecule has 3 aromatic carbocycles. The summed E-state index contributed by atoms with van der Waals surface area (Å²) < 4.78 is 21.8. The van der Waals surface area contributed by atoms with Crippen LogP contribution < -0.4 is 23.8 Å². The largest absolute Gasteiger partial charge is 0.507 e. The third kappa shape index (κ3) is 5.16. The number of aliphatic hydroxyl groups is 1. The standard InChI is InChI=1S/C30H31NO7/c1-18(2)17-38-22-12-10-21(11-13-22)31-27(19-7-6-8-23(15-19)35-3)26(29(33)30(31)34)28(32)20-9-14-24(36-4)25(16-20)37-5/h6-16,18,27,32H,17H2,1-5H3/b28-26-. The lowest BCUT2D eigenvalue weighted by Gasteiger charge is -2.26. The predicted molar refractivity (Wildman–Crippen MR) is 144 cm³/mol. The molecule has 0 bridgehead atoms. The van der Waals surface area contributed by atoms with Crippen molar-refractivity contribution < 1.29 is 33.6 Å². The molecule has 0 radical (unpaired) electrons. The Morgan fingerprint density at radius 2 is 1.58 bits per heavy atom. The van der Waals surface area contributed by atoms with E-state index < -0.39 is 17.7 Å². The van der Waals surface area contributed by atoms with Gasteiger partial charge >= 0.3 is 0 Å². The quantitative estimate of drug-likeness (QED) is 0.232. The second-order valence-electron chi connectivity index (χ2n) is 9.21. The van der Waals surface area contributed by atoms with E-state index in [4.69, 9.17) is 18.9 Å². The molecule has 0 aliphatic carbocycles. The van der Waals surface area contributed by atoms with E-state index in [-0.39, 0.29) is 11.3 Å². The van der Waals surface area contributed by atoms with Crippen LogP contribution in [0.25, 0.3) is 5.76 Å². The van der Waals surface area contributed by atoms with Gasteiger partial charge in [-0.05, 0) is 66.1 Å². The Morgan fingerprint density at radius 3 is 2.21 bits per heavy atom. The third-order valence-electron chi connectivity index (χ3n) is 6.21. The van der Waals surface area contributed by atoms with Crippen LogP contribution >= 0.6 is 0 Å². The first kappa shape index (κ1) is 26.6. The third-order valence-corrected chi connectivity index (χ3v) is 6.21. The van der Waals surface area contributed by atoms with Crippen molar-refractivity contribution in [1.82, 2.24) is 0 Å². The predicted octanol–water partition coefficient (Wildman–Crippen LogP) is 5.37. The number of benzene rings is 3. The molecule has 38 heavy (non-hydrogen) atoms. The van der Waals surface area contributed by atoms with Crippen LogP contribution in [-0.4, -0.2) is 44.7 Å². The van der Waals surface area contributed by atoms with E-state index in [1.165, 1.54) is 26.2 Å². The van der Waals surface area contributed by atoms with Gasteiger partial charge in [0.2, 0.25) is 0 Å². The number of Topliss-reactive ketones (excluding diaryl/α,β-unsaturated/α-hetero) is 1. The Kier molecular flexibility index (Phi) is 7.90. The van der Waals surface area contributed by atoms with E-state index >= 15 is 0 Å². The molecule has 0 aromatic heterocycles. The number of anilines is 1. The van der Waals surface area contributed by atoms with Gasteiger partial charge in [0.1, 0.15) is 17.3 Å². The molecule has 1 aliphatic heterocycles. The van der Waals surface area contributed by atoms with Crippen LogP contribution in [0.15, 0.2) is 72.3 Å². The molecule has 0 saturated carbocycles. The lowest BCUT2D eigenvalue weighted by Crippen LogP contribution is -2.29. The summed E-state index contributed by atoms with van der Waals surface area (Å²) in [4.78, 5) is 28.3. The SMILES string of the molecule is COc1cccc(C2/C(=C(/O)c3ccc(OC)c(OC)c3)C(=O)C(=O)N2c2ccc(OCC(C)C)cc2)c1. The number of aliphatic hydroxyl groups excluding tert-OH is 1. The van der Waals surface area contributed by atoms with Gasteiger partial charge in [-0.1, -0.05) is 26.0 Å². The van der Waals surface area contributed by atoms with Gasteiger partial charge in [-0.15, -0.1) is 0 Å². The highest BCUT2D eigenvalue weighted by Crippen LogP contribution is 2.43. The minimum absolute atomic E-state index is 0.0457. The maximum absolute atomic E-state index is 13.4. The number of carbonyl (C=O) groups excluding carboxylic acids is 2. The maximum atomic E-state index is 13.4. The minimum Gasteiger partial charge on any atom is -0.507 e. The number of ether oxygens (including phenoxy) is 4. The van der Waals surface area contributed by atoms with Gasteiger partial charge in [0, 0.05) is 11.3 Å². The van der Waals surface area contributed by atoms with E-state index in [9.17, 15) is 14.7 Å². The van der Waals surface area contributed by atoms with E-state index in [2.05, 4.69) is 13.8 Å². The van der Waals surface area contributed by atoms with Gasteiger partial charge < -0.3 is 24.1 Å². The first-order valence-corrected chi connectivity index (χ1v) is 12.2. The monoisotopic (exact) mass is 517 g/mol. The number of nitrogens with zero attached hydrogens (tertiary/aromatic N) is 1. The van der Waals surface area contributed by atoms with Crippen LogP contribution in [0.2, 0.25) is 0 Å². The van der Waals surface area contributed by atoms with Crippen molar-refractivity contribution >= 4 is 23.1 Å². The number of hydrogen-bond acceptors (Lipinski definition) is 7. The molecule has 8 nitrogen and oxygen atoms in total. The molecule has 4 rings (SSSR count). The van der Waals surface area contributed by atoms with Crippen molar-refractivity contribution in [2.75, 3.05) is 32.8 Å². The smallest absolute Gasteiger partial charge is 0.300 e. The van der Waals surface area contributed by atoms with Crippen LogP contribution in [0, 0.1) is 5.92 Å². The second kappa shape index (κ2) is 11.3. The second-order valence-corrected chi connectivity index (χ2v) is 9.21. The molecule has 0 spiro atoms. The van der Waals surface area contributed by atoms with Crippen LogP contribution in [0.4, 0.5) is 5.69 Å². The van der Waals surface area contributed by atoms with Crippen LogP contribution in [0.5, 0.6) is 23.0 Å². The Hall–Kier alpha value is -4.46. The van der Waals surface area contributed by atoms with Crippen molar-refractivity contribution in [2.24, 2.45) is 5.92 Å². The number of amides is 1. The first-order chi connectivity index (χ1) is 18.3. The fourth-order valence-electron chi connectivity index (χ4n) is 4.33. The van der Waals surface area contributed by atoms with Gasteiger partial charge in [0.25, 0.3) is 11.7 Å². The molecular weight excluding hydrogens is 486 g/mol. The maximum Gasteiger partial charge on any atom is 0.300 e. The van der Waals surface area contributed by atoms with E-state index in [1.54, 1.807) is 66.7 Å². The van der Waals surface area contributed by atoms with Crippen molar-refractivity contribution in [1.29, 1.82) is 0 Å². The highest BCUT2D eigenvalue weighted by Gasteiger charge is 2.47. The molecule has 1 aliphatic rings. The summed E-state index contributed by atoms with van der Waals surface area (Å²) in [5.74, 6) is 0.530. The molecule has 1 amide bonds. The minimum atomic E-state index is -0.902.